The van der Waals surface area contributed by atoms with Crippen LogP contribution in [0, 0.1) is 23.0 Å². The first-order valence-corrected chi connectivity index (χ1v) is 9.89. The second-order valence-electron chi connectivity index (χ2n) is 6.61. The second-order valence-corrected chi connectivity index (χ2v) is 7.72. The monoisotopic (exact) mass is 414 g/mol. The number of benzene rings is 1. The molecule has 0 saturated carbocycles. The van der Waals surface area contributed by atoms with E-state index in [1.807, 2.05) is 0 Å². The molecule has 1 aliphatic carbocycles. The van der Waals surface area contributed by atoms with Gasteiger partial charge in [-0.15, -0.1) is 11.3 Å². The molecule has 148 valence electrons. The maximum absolute atomic E-state index is 13.6. The van der Waals surface area contributed by atoms with Gasteiger partial charge in [0.25, 0.3) is 5.91 Å². The van der Waals surface area contributed by atoms with Crippen LogP contribution in [0.25, 0.3) is 0 Å². The van der Waals surface area contributed by atoms with Crippen LogP contribution in [-0.4, -0.2) is 5.91 Å². The Kier molecular flexibility index (Phi) is 5.32. The zero-order valence-electron chi connectivity index (χ0n) is 15.3. The number of ether oxygens (including phenoxy) is 1. The molecule has 4 rings (SSSR count). The third-order valence-corrected chi connectivity index (χ3v) is 5.87. The molecule has 0 fully saturated rings. The van der Waals surface area contributed by atoms with Gasteiger partial charge in [-0.05, 0) is 55.5 Å². The summed E-state index contributed by atoms with van der Waals surface area (Å²) in [7, 11) is 0. The number of aryl methyl sites for hydroxylation is 1. The van der Waals surface area contributed by atoms with Gasteiger partial charge in [-0.3, -0.25) is 4.79 Å². The van der Waals surface area contributed by atoms with E-state index in [1.54, 1.807) is 6.07 Å². The Bertz CT molecular complexity index is 1110. The Morgan fingerprint density at radius 2 is 2.07 bits per heavy atom. The molecular weight excluding hydrogens is 398 g/mol. The van der Waals surface area contributed by atoms with Crippen molar-refractivity contribution in [1.29, 1.82) is 5.26 Å². The van der Waals surface area contributed by atoms with E-state index >= 15 is 0 Å². The highest BCUT2D eigenvalue weighted by Crippen LogP contribution is 2.37. The molecule has 1 aliphatic rings. The van der Waals surface area contributed by atoms with Crippen molar-refractivity contribution in [2.45, 2.75) is 32.3 Å². The minimum atomic E-state index is -0.819. The molecule has 0 atom stereocenters. The number of nitrogens with one attached hydrogen (secondary N) is 1. The molecule has 8 heteroatoms. The van der Waals surface area contributed by atoms with Crippen molar-refractivity contribution in [3.8, 4) is 11.8 Å². The van der Waals surface area contributed by atoms with E-state index in [-0.39, 0.29) is 18.1 Å². The predicted octanol–water partition coefficient (Wildman–Crippen LogP) is 5.20. The third kappa shape index (κ3) is 4.00. The summed E-state index contributed by atoms with van der Waals surface area (Å²) in [5, 5.41) is 12.8. The average molecular weight is 414 g/mol. The number of anilines is 1. The van der Waals surface area contributed by atoms with Crippen LogP contribution in [0.15, 0.2) is 34.7 Å². The fourth-order valence-corrected chi connectivity index (χ4v) is 4.49. The van der Waals surface area contributed by atoms with Gasteiger partial charge in [-0.25, -0.2) is 8.78 Å². The summed E-state index contributed by atoms with van der Waals surface area (Å²) in [5.41, 5.74) is 1.56. The van der Waals surface area contributed by atoms with Crippen molar-refractivity contribution in [2.75, 3.05) is 5.32 Å². The standard InChI is InChI=1S/C21H16F2N2O3S/c22-12-5-7-17(16(23)9-12)27-11-13-6-8-18(28-13)20(26)25-21-15(10-24)14-3-1-2-4-19(14)29-21/h5-9H,1-4,11H2,(H,25,26). The number of furan rings is 1. The Hall–Kier alpha value is -3.18. The Morgan fingerprint density at radius 3 is 2.86 bits per heavy atom. The van der Waals surface area contributed by atoms with Crippen LogP contribution >= 0.6 is 11.3 Å². The Labute approximate surface area is 169 Å². The molecule has 0 radical (unpaired) electrons. The normalized spacial score (nSPS) is 12.9. The first kappa shape index (κ1) is 19.2. The number of nitrogens with zero attached hydrogens (tertiary/aromatic N) is 1. The van der Waals surface area contributed by atoms with E-state index in [9.17, 15) is 18.8 Å². The maximum atomic E-state index is 13.6. The van der Waals surface area contributed by atoms with Gasteiger partial charge in [-0.2, -0.15) is 5.26 Å². The van der Waals surface area contributed by atoms with E-state index in [2.05, 4.69) is 11.4 Å². The quantitative estimate of drug-likeness (QED) is 0.623. The van der Waals surface area contributed by atoms with Crippen LogP contribution in [0.4, 0.5) is 13.8 Å². The number of rotatable bonds is 5. The van der Waals surface area contributed by atoms with Crippen molar-refractivity contribution in [2.24, 2.45) is 0 Å². The number of nitriles is 1. The van der Waals surface area contributed by atoms with Crippen molar-refractivity contribution < 1.29 is 22.7 Å². The number of hydrogen-bond acceptors (Lipinski definition) is 5. The molecule has 0 saturated heterocycles. The summed E-state index contributed by atoms with van der Waals surface area (Å²) < 4.78 is 37.3. The molecule has 0 unspecified atom stereocenters. The van der Waals surface area contributed by atoms with Crippen molar-refractivity contribution in [1.82, 2.24) is 0 Å². The summed E-state index contributed by atoms with van der Waals surface area (Å²) in [4.78, 5) is 13.7. The lowest BCUT2D eigenvalue weighted by Crippen LogP contribution is -2.11. The van der Waals surface area contributed by atoms with Crippen molar-refractivity contribution in [3.05, 3.63) is 69.5 Å². The Morgan fingerprint density at radius 1 is 1.24 bits per heavy atom. The molecule has 0 bridgehead atoms. The fourth-order valence-electron chi connectivity index (χ4n) is 3.26. The van der Waals surface area contributed by atoms with E-state index in [0.717, 1.165) is 48.3 Å². The summed E-state index contributed by atoms with van der Waals surface area (Å²) >= 11 is 1.43. The lowest BCUT2D eigenvalue weighted by atomic mass is 9.96. The summed E-state index contributed by atoms with van der Waals surface area (Å²) in [6.45, 7) is -0.118. The van der Waals surface area contributed by atoms with Gasteiger partial charge >= 0.3 is 0 Å². The minimum Gasteiger partial charge on any atom is -0.483 e. The molecule has 3 aromatic rings. The van der Waals surface area contributed by atoms with Gasteiger partial charge in [0, 0.05) is 10.9 Å². The number of thiophene rings is 1. The molecule has 29 heavy (non-hydrogen) atoms. The fraction of sp³-hybridized carbons (Fsp3) is 0.238. The summed E-state index contributed by atoms with van der Waals surface area (Å²) in [5.74, 6) is -1.74. The zero-order valence-corrected chi connectivity index (χ0v) is 16.1. The molecule has 1 amide bonds. The van der Waals surface area contributed by atoms with Crippen molar-refractivity contribution in [3.63, 3.8) is 0 Å². The van der Waals surface area contributed by atoms with E-state index in [0.29, 0.717) is 16.3 Å². The highest BCUT2D eigenvalue weighted by Gasteiger charge is 2.23. The van der Waals surface area contributed by atoms with Gasteiger partial charge in [0.2, 0.25) is 0 Å². The number of amides is 1. The summed E-state index contributed by atoms with van der Waals surface area (Å²) in [6.07, 6.45) is 3.91. The van der Waals surface area contributed by atoms with Crippen LogP contribution in [0.5, 0.6) is 5.75 Å². The SMILES string of the molecule is N#Cc1c(NC(=O)c2ccc(COc3ccc(F)cc3F)o2)sc2c1CCCC2. The number of halogens is 2. The van der Waals surface area contributed by atoms with Crippen LogP contribution in [0.3, 0.4) is 0 Å². The Balaban J connectivity index is 1.44. The molecule has 5 nitrogen and oxygen atoms in total. The van der Waals surface area contributed by atoms with Crippen LogP contribution in [-0.2, 0) is 19.4 Å². The van der Waals surface area contributed by atoms with Gasteiger partial charge in [0.05, 0.1) is 5.56 Å². The largest absolute Gasteiger partial charge is 0.483 e. The molecular formula is C21H16F2N2O3S. The van der Waals surface area contributed by atoms with Crippen molar-refractivity contribution >= 4 is 22.2 Å². The first-order valence-electron chi connectivity index (χ1n) is 9.07. The van der Waals surface area contributed by atoms with E-state index in [4.69, 9.17) is 9.15 Å². The van der Waals surface area contributed by atoms with Gasteiger partial charge in [0.1, 0.15) is 29.3 Å². The number of fused-ring (bicyclic) bond motifs is 1. The zero-order chi connectivity index (χ0) is 20.4. The minimum absolute atomic E-state index is 0.0541. The number of hydrogen-bond donors (Lipinski definition) is 1. The van der Waals surface area contributed by atoms with E-state index < -0.39 is 17.5 Å². The molecule has 1 aromatic carbocycles. The van der Waals surface area contributed by atoms with Crippen LogP contribution in [0.2, 0.25) is 0 Å². The van der Waals surface area contributed by atoms with Gasteiger partial charge in [-0.1, -0.05) is 0 Å². The highest BCUT2D eigenvalue weighted by atomic mass is 32.1. The topological polar surface area (TPSA) is 75.3 Å². The first-order chi connectivity index (χ1) is 14.0. The highest BCUT2D eigenvalue weighted by molar-refractivity contribution is 7.16. The number of carbonyl (C=O) groups is 1. The van der Waals surface area contributed by atoms with Crippen LogP contribution < -0.4 is 10.1 Å². The predicted molar refractivity (Wildman–Crippen MR) is 103 cm³/mol. The third-order valence-electron chi connectivity index (χ3n) is 4.66. The summed E-state index contributed by atoms with van der Waals surface area (Å²) in [6, 6.07) is 8.22. The maximum Gasteiger partial charge on any atom is 0.292 e. The smallest absolute Gasteiger partial charge is 0.292 e. The molecule has 0 spiro atoms. The number of carbonyl (C=O) groups excluding carboxylic acids is 1. The van der Waals surface area contributed by atoms with Crippen LogP contribution in [0.1, 0.15) is 45.2 Å². The van der Waals surface area contributed by atoms with E-state index in [1.165, 1.54) is 23.5 Å². The van der Waals surface area contributed by atoms with Gasteiger partial charge < -0.3 is 14.5 Å². The average Bonchev–Trinajstić information content (AvgIpc) is 3.31. The second kappa shape index (κ2) is 8.05. The lowest BCUT2D eigenvalue weighted by molar-refractivity contribution is 0.0992. The van der Waals surface area contributed by atoms with Gasteiger partial charge in [0.15, 0.2) is 17.3 Å². The molecule has 2 heterocycles. The molecule has 2 aromatic heterocycles. The molecule has 0 aliphatic heterocycles. The molecule has 1 N–H and O–H groups in total. The lowest BCUT2D eigenvalue weighted by Gasteiger charge is -2.09.